The van der Waals surface area contributed by atoms with Crippen LogP contribution in [0.1, 0.15) is 28.3 Å². The molecule has 1 atom stereocenters. The highest BCUT2D eigenvalue weighted by atomic mass is 35.5. The lowest BCUT2D eigenvalue weighted by molar-refractivity contribution is -0.132. The number of carbonyl (C=O) groups is 2. The highest BCUT2D eigenvalue weighted by molar-refractivity contribution is 6.51. The number of aliphatic hydroxyl groups is 1. The van der Waals surface area contributed by atoms with Crippen LogP contribution in [0.3, 0.4) is 0 Å². The molecule has 3 aromatic carbocycles. The predicted octanol–water partition coefficient (Wildman–Crippen LogP) is 5.60. The highest BCUT2D eigenvalue weighted by Gasteiger charge is 2.47. The maximum absolute atomic E-state index is 13.4. The van der Waals surface area contributed by atoms with E-state index in [-0.39, 0.29) is 11.3 Å². The molecule has 1 fully saturated rings. The van der Waals surface area contributed by atoms with Crippen LogP contribution in [-0.2, 0) is 9.59 Å². The van der Waals surface area contributed by atoms with Crippen molar-refractivity contribution in [3.8, 4) is 11.5 Å². The third-order valence-corrected chi connectivity index (χ3v) is 6.21. The lowest BCUT2D eigenvalue weighted by Crippen LogP contribution is -2.30. The Morgan fingerprint density at radius 1 is 0.971 bits per heavy atom. The minimum absolute atomic E-state index is 0.0245. The average molecular weight is 478 g/mol. The number of carbonyl (C=O) groups excluding carboxylic acids is 2. The first-order valence-electron chi connectivity index (χ1n) is 10.6. The van der Waals surface area contributed by atoms with Gasteiger partial charge >= 0.3 is 0 Å². The van der Waals surface area contributed by atoms with Crippen molar-refractivity contribution < 1.29 is 24.2 Å². The maximum Gasteiger partial charge on any atom is 0.300 e. The number of rotatable bonds is 5. The van der Waals surface area contributed by atoms with Gasteiger partial charge in [-0.1, -0.05) is 35.9 Å². The van der Waals surface area contributed by atoms with Crippen molar-refractivity contribution in [3.05, 3.63) is 93.5 Å². The molecule has 3 aromatic rings. The number of amides is 1. The molecule has 1 saturated heterocycles. The number of aliphatic hydroxyl groups excluding tert-OH is 1. The fourth-order valence-electron chi connectivity index (χ4n) is 4.15. The first kappa shape index (κ1) is 23.4. The van der Waals surface area contributed by atoms with E-state index >= 15 is 0 Å². The second kappa shape index (κ2) is 9.23. The molecule has 0 saturated carbocycles. The van der Waals surface area contributed by atoms with E-state index in [0.717, 1.165) is 11.1 Å². The first-order chi connectivity index (χ1) is 16.3. The summed E-state index contributed by atoms with van der Waals surface area (Å²) < 4.78 is 10.6. The third kappa shape index (κ3) is 4.01. The highest BCUT2D eigenvalue weighted by Crippen LogP contribution is 2.44. The summed E-state index contributed by atoms with van der Waals surface area (Å²) in [4.78, 5) is 28.2. The van der Waals surface area contributed by atoms with Crippen LogP contribution in [0.15, 0.2) is 66.2 Å². The van der Waals surface area contributed by atoms with Gasteiger partial charge in [0.2, 0.25) is 0 Å². The smallest absolute Gasteiger partial charge is 0.300 e. The van der Waals surface area contributed by atoms with Gasteiger partial charge in [-0.25, -0.2) is 0 Å². The molecular weight excluding hydrogens is 454 g/mol. The standard InChI is InChI=1S/C27H24ClNO5/c1-15-8-9-16(2)21(12-15)29-24(17-6-5-7-19(13-17)33-3)23(26(31)27(29)32)25(30)18-10-11-20(28)22(14-18)34-4/h5-14,24,30H,1-4H3/b25-23-. The average Bonchev–Trinajstić information content (AvgIpc) is 3.10. The summed E-state index contributed by atoms with van der Waals surface area (Å²) in [7, 11) is 3.00. The number of aryl methyl sites for hydroxylation is 2. The third-order valence-electron chi connectivity index (χ3n) is 5.90. The molecule has 1 aliphatic rings. The van der Waals surface area contributed by atoms with Gasteiger partial charge in [0.05, 0.1) is 30.9 Å². The second-order valence-electron chi connectivity index (χ2n) is 8.08. The van der Waals surface area contributed by atoms with Crippen LogP contribution in [0.5, 0.6) is 11.5 Å². The zero-order valence-electron chi connectivity index (χ0n) is 19.3. The molecule has 1 unspecified atom stereocenters. The van der Waals surface area contributed by atoms with Crippen molar-refractivity contribution in [2.75, 3.05) is 19.1 Å². The Morgan fingerprint density at radius 2 is 1.74 bits per heavy atom. The molecule has 174 valence electrons. The summed E-state index contributed by atoms with van der Waals surface area (Å²) in [6.45, 7) is 3.79. The van der Waals surface area contributed by atoms with Crippen LogP contribution in [0, 0.1) is 13.8 Å². The minimum atomic E-state index is -0.864. The summed E-state index contributed by atoms with van der Waals surface area (Å²) in [5.41, 5.74) is 3.28. The molecule has 0 radical (unpaired) electrons. The van der Waals surface area contributed by atoms with Gasteiger partial charge < -0.3 is 14.6 Å². The summed E-state index contributed by atoms with van der Waals surface area (Å²) >= 11 is 6.14. The Balaban J connectivity index is 2.00. The Labute approximate surface area is 203 Å². The molecule has 0 aromatic heterocycles. The van der Waals surface area contributed by atoms with Gasteiger partial charge in [0.1, 0.15) is 17.3 Å². The normalized spacial score (nSPS) is 17.2. The molecule has 0 bridgehead atoms. The maximum atomic E-state index is 13.4. The van der Waals surface area contributed by atoms with Gasteiger partial charge in [-0.3, -0.25) is 14.5 Å². The topological polar surface area (TPSA) is 76.1 Å². The van der Waals surface area contributed by atoms with E-state index in [0.29, 0.717) is 33.3 Å². The predicted molar refractivity (Wildman–Crippen MR) is 132 cm³/mol. The van der Waals surface area contributed by atoms with Crippen molar-refractivity contribution in [2.45, 2.75) is 19.9 Å². The number of ketones is 1. The van der Waals surface area contributed by atoms with Gasteiger partial charge in [0.15, 0.2) is 0 Å². The Hall–Kier alpha value is -3.77. The van der Waals surface area contributed by atoms with Gasteiger partial charge in [-0.2, -0.15) is 0 Å². The number of hydrogen-bond acceptors (Lipinski definition) is 5. The second-order valence-corrected chi connectivity index (χ2v) is 8.49. The molecule has 1 heterocycles. The van der Waals surface area contributed by atoms with E-state index in [1.165, 1.54) is 18.1 Å². The van der Waals surface area contributed by atoms with Crippen LogP contribution in [0.2, 0.25) is 5.02 Å². The molecule has 1 amide bonds. The Morgan fingerprint density at radius 3 is 2.44 bits per heavy atom. The van der Waals surface area contributed by atoms with Crippen molar-refractivity contribution >= 4 is 34.7 Å². The summed E-state index contributed by atoms with van der Waals surface area (Å²) in [6.07, 6.45) is 0. The quantitative estimate of drug-likeness (QED) is 0.294. The van der Waals surface area contributed by atoms with Crippen LogP contribution in [-0.4, -0.2) is 31.0 Å². The van der Waals surface area contributed by atoms with Crippen LogP contribution >= 0.6 is 11.6 Å². The molecule has 6 nitrogen and oxygen atoms in total. The van der Waals surface area contributed by atoms with Gasteiger partial charge in [0, 0.05) is 11.3 Å². The van der Waals surface area contributed by atoms with Crippen molar-refractivity contribution in [3.63, 3.8) is 0 Å². The summed E-state index contributed by atoms with van der Waals surface area (Å²) in [5.74, 6) is -0.900. The lowest BCUT2D eigenvalue weighted by atomic mass is 9.94. The minimum Gasteiger partial charge on any atom is -0.507 e. The number of anilines is 1. The lowest BCUT2D eigenvalue weighted by Gasteiger charge is -2.27. The fourth-order valence-corrected chi connectivity index (χ4v) is 4.34. The fraction of sp³-hybridized carbons (Fsp3) is 0.185. The van der Waals surface area contributed by atoms with E-state index in [1.807, 2.05) is 32.0 Å². The molecule has 1 aliphatic heterocycles. The molecule has 1 N–H and O–H groups in total. The van der Waals surface area contributed by atoms with E-state index < -0.39 is 17.7 Å². The SMILES string of the molecule is COc1cccc(C2/C(=C(/O)c3ccc(Cl)c(OC)c3)C(=O)C(=O)N2c2cc(C)ccc2C)c1. The summed E-state index contributed by atoms with van der Waals surface area (Å²) in [6, 6.07) is 16.6. The molecule has 4 rings (SSSR count). The van der Waals surface area contributed by atoms with Crippen molar-refractivity contribution in [1.29, 1.82) is 0 Å². The van der Waals surface area contributed by atoms with E-state index in [1.54, 1.807) is 43.5 Å². The van der Waals surface area contributed by atoms with Gasteiger partial charge in [-0.15, -0.1) is 0 Å². The number of hydrogen-bond donors (Lipinski definition) is 1. The van der Waals surface area contributed by atoms with Gasteiger partial charge in [0.25, 0.3) is 11.7 Å². The van der Waals surface area contributed by atoms with Crippen molar-refractivity contribution in [2.24, 2.45) is 0 Å². The van der Waals surface area contributed by atoms with Crippen LogP contribution in [0.25, 0.3) is 5.76 Å². The van der Waals surface area contributed by atoms with Crippen LogP contribution in [0.4, 0.5) is 5.69 Å². The number of nitrogens with zero attached hydrogens (tertiary/aromatic N) is 1. The first-order valence-corrected chi connectivity index (χ1v) is 11.0. The largest absolute Gasteiger partial charge is 0.507 e. The molecule has 7 heteroatoms. The Kier molecular flexibility index (Phi) is 6.35. The number of methoxy groups -OCH3 is 2. The summed E-state index contributed by atoms with van der Waals surface area (Å²) in [5, 5.41) is 11.7. The number of halogens is 1. The molecule has 0 spiro atoms. The Bertz CT molecular complexity index is 1330. The van der Waals surface area contributed by atoms with Gasteiger partial charge in [-0.05, 0) is 66.9 Å². The van der Waals surface area contributed by atoms with Crippen LogP contribution < -0.4 is 14.4 Å². The molecule has 0 aliphatic carbocycles. The van der Waals surface area contributed by atoms with E-state index in [9.17, 15) is 14.7 Å². The zero-order valence-corrected chi connectivity index (χ0v) is 20.0. The molecule has 34 heavy (non-hydrogen) atoms. The number of benzene rings is 3. The van der Waals surface area contributed by atoms with E-state index in [2.05, 4.69) is 0 Å². The monoisotopic (exact) mass is 477 g/mol. The molecular formula is C27H24ClNO5. The number of Topliss-reactive ketones (excluding diaryl/α,β-unsaturated/α-hetero) is 1. The number of ether oxygens (including phenoxy) is 2. The van der Waals surface area contributed by atoms with E-state index in [4.69, 9.17) is 21.1 Å². The van der Waals surface area contributed by atoms with Crippen molar-refractivity contribution in [1.82, 2.24) is 0 Å². The zero-order chi connectivity index (χ0) is 24.6.